The van der Waals surface area contributed by atoms with Crippen LogP contribution in [0.3, 0.4) is 0 Å². The van der Waals surface area contributed by atoms with Gasteiger partial charge in [0, 0.05) is 23.8 Å². The summed E-state index contributed by atoms with van der Waals surface area (Å²) in [7, 11) is 0. The minimum atomic E-state index is 0. The molecule has 0 spiro atoms. The van der Waals surface area contributed by atoms with E-state index in [9.17, 15) is 0 Å². The second-order valence-corrected chi connectivity index (χ2v) is 7.84. The van der Waals surface area contributed by atoms with E-state index in [1.165, 1.54) is 40.6 Å². The minimum absolute atomic E-state index is 0. The van der Waals surface area contributed by atoms with Crippen LogP contribution in [0.1, 0.15) is 36.1 Å². The maximum absolute atomic E-state index is 4.45. The van der Waals surface area contributed by atoms with Gasteiger partial charge in [0.15, 0.2) is 0 Å². The summed E-state index contributed by atoms with van der Waals surface area (Å²) >= 11 is 0. The first-order valence-electron chi connectivity index (χ1n) is 10.3. The van der Waals surface area contributed by atoms with Gasteiger partial charge in [0.1, 0.15) is 0 Å². The van der Waals surface area contributed by atoms with Crippen LogP contribution in [0.15, 0.2) is 41.7 Å². The molecule has 1 fully saturated rings. The Balaban J connectivity index is 0.00000240. The Hall–Kier alpha value is -1.53. The number of allylic oxidation sites excluding steroid dienone is 1. The summed E-state index contributed by atoms with van der Waals surface area (Å²) in [6, 6.07) is 7.27. The number of fused-ring (bicyclic) bond motifs is 1. The standard InChI is InChI=1S/C23H30N5.Na/c1-16-11-19-12-22(15-26-17(2)27-21-6-3-9-24-14-21)28-23(19)13-18(16)7-8-20-5-4-10-25-20;/h5,11-13,21,24,26-28H,2-3,6-10,14-15H2,1H3;/q-1;+1. The number of aliphatic imine (C=N–C) groups is 1. The predicted molar refractivity (Wildman–Crippen MR) is 116 cm³/mol. The van der Waals surface area contributed by atoms with Crippen LogP contribution < -0.4 is 45.5 Å². The number of rotatable bonds is 8. The molecule has 1 aromatic carbocycles. The van der Waals surface area contributed by atoms with E-state index >= 15 is 0 Å². The molecule has 0 aliphatic carbocycles. The van der Waals surface area contributed by atoms with Crippen molar-refractivity contribution in [3.8, 4) is 0 Å². The van der Waals surface area contributed by atoms with E-state index in [0.29, 0.717) is 6.04 Å². The van der Waals surface area contributed by atoms with Crippen molar-refractivity contribution in [2.45, 2.75) is 45.2 Å². The van der Waals surface area contributed by atoms with Gasteiger partial charge >= 0.3 is 29.6 Å². The Morgan fingerprint density at radius 1 is 1.31 bits per heavy atom. The Morgan fingerprint density at radius 2 is 2.21 bits per heavy atom. The van der Waals surface area contributed by atoms with Crippen LogP contribution in [0.2, 0.25) is 0 Å². The molecular weight excluding hydrogens is 369 g/mol. The van der Waals surface area contributed by atoms with E-state index in [4.69, 9.17) is 0 Å². The molecule has 1 saturated heterocycles. The number of aromatic amines is 1. The Kier molecular flexibility index (Phi) is 8.01. The first-order chi connectivity index (χ1) is 13.7. The number of aryl methyl sites for hydroxylation is 2. The average molecular weight is 400 g/mol. The van der Waals surface area contributed by atoms with Crippen molar-refractivity contribution in [1.29, 1.82) is 0 Å². The molecule has 3 heterocycles. The summed E-state index contributed by atoms with van der Waals surface area (Å²) < 4.78 is 0. The van der Waals surface area contributed by atoms with Crippen LogP contribution in [-0.4, -0.2) is 36.4 Å². The summed E-state index contributed by atoms with van der Waals surface area (Å²) in [6.45, 7) is 9.92. The number of piperidine rings is 1. The largest absolute Gasteiger partial charge is 1.00 e. The Bertz CT molecular complexity index is 905. The number of H-pyrrole nitrogens is 1. The topological polar surface area (TPSA) is 64.2 Å². The summed E-state index contributed by atoms with van der Waals surface area (Å²) in [5.74, 6) is 0.895. The molecule has 29 heavy (non-hydrogen) atoms. The number of hydrogen-bond donors (Lipinski definition) is 4. The van der Waals surface area contributed by atoms with Gasteiger partial charge in [-0.3, -0.25) is 6.08 Å². The third-order valence-corrected chi connectivity index (χ3v) is 5.59. The van der Waals surface area contributed by atoms with Crippen molar-refractivity contribution in [1.82, 2.24) is 20.9 Å². The fourth-order valence-corrected chi connectivity index (χ4v) is 4.01. The minimum Gasteiger partial charge on any atom is -0.398 e. The SMILES string of the molecule is C=C(NCc1cc2cc(C)c(CCC3=NC[C-]=C3)cc2[nH]1)NC1CCCNC1.[Na+]. The number of aromatic nitrogens is 1. The van der Waals surface area contributed by atoms with Gasteiger partial charge < -0.3 is 25.9 Å². The van der Waals surface area contributed by atoms with Crippen LogP contribution in [0.4, 0.5) is 0 Å². The average Bonchev–Trinajstić information content (AvgIpc) is 3.34. The van der Waals surface area contributed by atoms with E-state index in [1.54, 1.807) is 0 Å². The third-order valence-electron chi connectivity index (χ3n) is 5.59. The van der Waals surface area contributed by atoms with E-state index in [-0.39, 0.29) is 29.6 Å². The molecule has 2 aliphatic rings. The number of benzene rings is 1. The van der Waals surface area contributed by atoms with Crippen molar-refractivity contribution >= 4 is 16.6 Å². The first-order valence-corrected chi connectivity index (χ1v) is 10.3. The summed E-state index contributed by atoms with van der Waals surface area (Å²) in [5.41, 5.74) is 6.26. The number of hydrogen-bond acceptors (Lipinski definition) is 4. The smallest absolute Gasteiger partial charge is 0.398 e. The fraction of sp³-hybridized carbons (Fsp3) is 0.435. The van der Waals surface area contributed by atoms with Gasteiger partial charge in [0.25, 0.3) is 0 Å². The molecule has 0 radical (unpaired) electrons. The molecule has 148 valence electrons. The zero-order valence-electron chi connectivity index (χ0n) is 17.7. The third kappa shape index (κ3) is 5.98. The molecule has 2 aromatic rings. The second-order valence-electron chi connectivity index (χ2n) is 7.84. The van der Waals surface area contributed by atoms with Crippen molar-refractivity contribution in [3.05, 3.63) is 59.6 Å². The van der Waals surface area contributed by atoms with Gasteiger partial charge in [-0.2, -0.15) is 0 Å². The molecule has 5 nitrogen and oxygen atoms in total. The normalized spacial score (nSPS) is 18.4. The zero-order valence-corrected chi connectivity index (χ0v) is 19.7. The summed E-state index contributed by atoms with van der Waals surface area (Å²) in [5, 5.41) is 11.6. The van der Waals surface area contributed by atoms with Crippen molar-refractivity contribution in [2.24, 2.45) is 4.99 Å². The first kappa shape index (κ1) is 22.2. The van der Waals surface area contributed by atoms with E-state index < -0.39 is 0 Å². The number of nitrogens with one attached hydrogen (secondary N) is 4. The van der Waals surface area contributed by atoms with Gasteiger partial charge in [-0.1, -0.05) is 13.0 Å². The van der Waals surface area contributed by atoms with Gasteiger partial charge in [-0.25, -0.2) is 6.08 Å². The summed E-state index contributed by atoms with van der Waals surface area (Å²) in [6.07, 6.45) is 9.58. The molecule has 1 aromatic heterocycles. The van der Waals surface area contributed by atoms with Crippen LogP contribution in [0, 0.1) is 13.0 Å². The van der Waals surface area contributed by atoms with Gasteiger partial charge in [0.2, 0.25) is 0 Å². The molecule has 6 heteroatoms. The molecule has 0 saturated carbocycles. The van der Waals surface area contributed by atoms with Crippen LogP contribution in [0.5, 0.6) is 0 Å². The Morgan fingerprint density at radius 3 is 2.97 bits per heavy atom. The molecule has 2 aliphatic heterocycles. The zero-order chi connectivity index (χ0) is 19.3. The molecular formula is C23H30N5Na. The molecule has 4 rings (SSSR count). The van der Waals surface area contributed by atoms with Crippen molar-refractivity contribution in [2.75, 3.05) is 19.6 Å². The van der Waals surface area contributed by atoms with Crippen LogP contribution in [-0.2, 0) is 13.0 Å². The van der Waals surface area contributed by atoms with E-state index in [2.05, 4.69) is 63.7 Å². The molecule has 1 atom stereocenters. The van der Waals surface area contributed by atoms with Crippen molar-refractivity contribution < 1.29 is 29.6 Å². The fourth-order valence-electron chi connectivity index (χ4n) is 4.01. The van der Waals surface area contributed by atoms with Crippen LogP contribution >= 0.6 is 0 Å². The van der Waals surface area contributed by atoms with Crippen LogP contribution in [0.25, 0.3) is 10.9 Å². The predicted octanol–water partition coefficient (Wildman–Crippen LogP) is 0.129. The molecule has 0 bridgehead atoms. The maximum atomic E-state index is 4.45. The van der Waals surface area contributed by atoms with Gasteiger partial charge in [0.05, 0.1) is 12.4 Å². The monoisotopic (exact) mass is 399 g/mol. The maximum Gasteiger partial charge on any atom is 1.00 e. The second kappa shape index (κ2) is 10.5. The van der Waals surface area contributed by atoms with Crippen molar-refractivity contribution in [3.63, 3.8) is 0 Å². The van der Waals surface area contributed by atoms with Gasteiger partial charge in [-0.15, -0.1) is 5.71 Å². The molecule has 1 unspecified atom stereocenters. The van der Waals surface area contributed by atoms with Gasteiger partial charge in [-0.05, 0) is 74.0 Å². The quantitative estimate of drug-likeness (QED) is 0.377. The van der Waals surface area contributed by atoms with E-state index in [1.807, 2.05) is 6.08 Å². The summed E-state index contributed by atoms with van der Waals surface area (Å²) in [4.78, 5) is 8.00. The van der Waals surface area contributed by atoms with E-state index in [0.717, 1.165) is 50.6 Å². The molecule has 4 N–H and O–H groups in total. The molecule has 0 amide bonds. The Labute approximate surface area is 195 Å². The number of nitrogens with zero attached hydrogens (tertiary/aromatic N) is 1.